The number of para-hydroxylation sites is 2. The van der Waals surface area contributed by atoms with E-state index in [0.717, 1.165) is 12.8 Å². The highest BCUT2D eigenvalue weighted by Gasteiger charge is 2.60. The SMILES string of the molecule is Cc1cc(C)c2c(c1)C1(C)CCCCC1(C)N2c1cc2c3c(c1)N(c1ccc(C(C)(C)C)cc1)c1ccc(N4c5ccc(C(C)(C)C)cc5C5(C)CCCCC45C)cc1B3c1ccccc1N2c1ccccc1. The second-order valence-electron chi connectivity index (χ2n) is 26.2. The van der Waals surface area contributed by atoms with E-state index < -0.39 is 0 Å². The first-order valence-corrected chi connectivity index (χ1v) is 27.8. The second-order valence-corrected chi connectivity index (χ2v) is 26.2. The van der Waals surface area contributed by atoms with Crippen LogP contribution >= 0.6 is 0 Å². The van der Waals surface area contributed by atoms with Crippen LogP contribution in [0.5, 0.6) is 0 Å². The molecule has 4 atom stereocenters. The highest BCUT2D eigenvalue weighted by Crippen LogP contribution is 2.64. The van der Waals surface area contributed by atoms with Crippen molar-refractivity contribution in [1.29, 1.82) is 0 Å². The van der Waals surface area contributed by atoms with Gasteiger partial charge in [0.15, 0.2) is 0 Å². The van der Waals surface area contributed by atoms with Crippen LogP contribution in [0.4, 0.5) is 56.9 Å². The third kappa shape index (κ3) is 6.39. The molecule has 2 fully saturated rings. The van der Waals surface area contributed by atoms with Crippen LogP contribution < -0.4 is 36.0 Å². The molecule has 0 spiro atoms. The van der Waals surface area contributed by atoms with Gasteiger partial charge in [0, 0.05) is 67.7 Å². The van der Waals surface area contributed by atoms with Crippen molar-refractivity contribution >= 4 is 80.0 Å². The first-order valence-electron chi connectivity index (χ1n) is 27.8. The van der Waals surface area contributed by atoms with E-state index in [2.05, 4.69) is 242 Å². The van der Waals surface area contributed by atoms with E-state index in [1.807, 2.05) is 0 Å². The summed E-state index contributed by atoms with van der Waals surface area (Å²) < 4.78 is 0. The van der Waals surface area contributed by atoms with E-state index in [1.54, 1.807) is 0 Å². The molecule has 4 unspecified atom stereocenters. The van der Waals surface area contributed by atoms with E-state index in [4.69, 9.17) is 0 Å². The average Bonchev–Trinajstić information content (AvgIpc) is 3.72. The standard InChI is InChI=1S/C68H75BN4/c1-44-38-45(2)62-53(39-44)66(10)35-19-21-37-68(66,12)73(62)51-42-59-61-60(43-51)71(49-29-26-46(27-30-49)63(3,4)5)58-33-31-50(41-55(58)69(61)54-24-16-17-25-57(54)70(59)48-22-14-13-15-23-48)72-56-32-28-47(64(6,7)8)40-52(56)65(9)34-18-20-36-67(65,72)11/h13-17,22-33,38-43H,18-21,34-37H2,1-12H3. The Morgan fingerprint density at radius 2 is 0.959 bits per heavy atom. The normalized spacial score (nSPS) is 24.6. The minimum atomic E-state index is -0.110. The van der Waals surface area contributed by atoms with Gasteiger partial charge < -0.3 is 19.6 Å². The maximum absolute atomic E-state index is 2.84. The van der Waals surface area contributed by atoms with Crippen LogP contribution in [0.15, 0.2) is 140 Å². The van der Waals surface area contributed by atoms with Crippen molar-refractivity contribution in [3.8, 4) is 0 Å². The van der Waals surface area contributed by atoms with Crippen molar-refractivity contribution in [2.45, 2.75) is 167 Å². The van der Waals surface area contributed by atoms with E-state index in [0.29, 0.717) is 0 Å². The number of hydrogen-bond acceptors (Lipinski definition) is 4. The van der Waals surface area contributed by atoms with Gasteiger partial charge in [-0.15, -0.1) is 0 Å². The minimum absolute atomic E-state index is 0.00284. The molecule has 0 radical (unpaired) electrons. The molecular formula is C68H75BN4. The lowest BCUT2D eigenvalue weighted by molar-refractivity contribution is 0.195. The number of aryl methyl sites for hydroxylation is 2. The van der Waals surface area contributed by atoms with Gasteiger partial charge in [0.2, 0.25) is 0 Å². The molecule has 0 saturated heterocycles. The van der Waals surface area contributed by atoms with Gasteiger partial charge in [-0.25, -0.2) is 0 Å². The van der Waals surface area contributed by atoms with Crippen LogP contribution in [0.2, 0.25) is 0 Å². The molecule has 73 heavy (non-hydrogen) atoms. The van der Waals surface area contributed by atoms with Crippen molar-refractivity contribution in [2.75, 3.05) is 19.6 Å². The number of anilines is 10. The van der Waals surface area contributed by atoms with Gasteiger partial charge in [0.05, 0.1) is 11.1 Å². The Balaban J connectivity index is 1.11. The third-order valence-corrected chi connectivity index (χ3v) is 20.0. The van der Waals surface area contributed by atoms with Crippen LogP contribution in [0.1, 0.15) is 154 Å². The molecule has 0 N–H and O–H groups in total. The predicted octanol–water partition coefficient (Wildman–Crippen LogP) is 16.5. The maximum Gasteiger partial charge on any atom is 0.252 e. The Bertz CT molecular complexity index is 3400. The fourth-order valence-electron chi connectivity index (χ4n) is 15.7. The lowest BCUT2D eigenvalue weighted by Gasteiger charge is -2.51. The summed E-state index contributed by atoms with van der Waals surface area (Å²) in [5.74, 6) is 0. The smallest absolute Gasteiger partial charge is 0.252 e. The van der Waals surface area contributed by atoms with Gasteiger partial charge in [0.25, 0.3) is 6.71 Å². The Hall–Kier alpha value is -6.20. The van der Waals surface area contributed by atoms with Gasteiger partial charge in [-0.3, -0.25) is 0 Å². The molecular weight excluding hydrogens is 884 g/mol. The van der Waals surface area contributed by atoms with E-state index in [-0.39, 0.29) is 39.5 Å². The third-order valence-electron chi connectivity index (χ3n) is 20.0. The zero-order valence-corrected chi connectivity index (χ0v) is 45.8. The lowest BCUT2D eigenvalue weighted by Crippen LogP contribution is -2.62. The summed E-state index contributed by atoms with van der Waals surface area (Å²) >= 11 is 0. The first-order chi connectivity index (χ1) is 34.8. The van der Waals surface area contributed by atoms with Gasteiger partial charge in [-0.05, 0) is 175 Å². The summed E-state index contributed by atoms with van der Waals surface area (Å²) in [6.45, 7) is 29.1. The summed E-state index contributed by atoms with van der Waals surface area (Å²) in [4.78, 5) is 10.9. The summed E-state index contributed by atoms with van der Waals surface area (Å²) in [6.07, 6.45) is 9.72. The molecule has 13 rings (SSSR count). The minimum Gasteiger partial charge on any atom is -0.334 e. The molecule has 2 aliphatic carbocycles. The monoisotopic (exact) mass is 959 g/mol. The number of nitrogens with zero attached hydrogens (tertiary/aromatic N) is 4. The number of fused-ring (bicyclic) bond motifs is 10. The van der Waals surface area contributed by atoms with Crippen LogP contribution in [-0.4, -0.2) is 17.8 Å². The highest BCUT2D eigenvalue weighted by atomic mass is 15.3. The van der Waals surface area contributed by atoms with Crippen molar-refractivity contribution in [2.24, 2.45) is 0 Å². The fraction of sp³-hybridized carbons (Fsp3) is 0.382. The van der Waals surface area contributed by atoms with Gasteiger partial charge in [-0.2, -0.15) is 0 Å². The van der Waals surface area contributed by atoms with Crippen molar-refractivity contribution in [3.63, 3.8) is 0 Å². The first kappa shape index (κ1) is 46.6. The molecule has 4 aliphatic heterocycles. The van der Waals surface area contributed by atoms with Crippen LogP contribution in [0, 0.1) is 13.8 Å². The number of hydrogen-bond donors (Lipinski definition) is 0. The summed E-state index contributed by atoms with van der Waals surface area (Å²) in [7, 11) is 0. The van der Waals surface area contributed by atoms with E-state index >= 15 is 0 Å². The van der Waals surface area contributed by atoms with Crippen LogP contribution in [-0.2, 0) is 21.7 Å². The van der Waals surface area contributed by atoms with Crippen molar-refractivity contribution < 1.29 is 0 Å². The molecule has 4 heterocycles. The summed E-state index contributed by atoms with van der Waals surface area (Å²) in [6, 6.07) is 55.4. The van der Waals surface area contributed by atoms with Crippen molar-refractivity contribution in [1.82, 2.24) is 0 Å². The van der Waals surface area contributed by atoms with E-state index in [1.165, 1.54) is 145 Å². The van der Waals surface area contributed by atoms with Gasteiger partial charge in [0.1, 0.15) is 0 Å². The van der Waals surface area contributed by atoms with Gasteiger partial charge >= 0.3 is 0 Å². The lowest BCUT2D eigenvalue weighted by atomic mass is 9.33. The van der Waals surface area contributed by atoms with Gasteiger partial charge in [-0.1, -0.05) is 159 Å². The van der Waals surface area contributed by atoms with E-state index in [9.17, 15) is 0 Å². The Kier molecular flexibility index (Phi) is 10.00. The topological polar surface area (TPSA) is 13.0 Å². The number of benzene rings is 7. The Morgan fingerprint density at radius 1 is 0.425 bits per heavy atom. The van der Waals surface area contributed by atoms with Crippen LogP contribution in [0.25, 0.3) is 0 Å². The molecule has 5 heteroatoms. The quantitative estimate of drug-likeness (QED) is 0.163. The summed E-state index contributed by atoms with van der Waals surface area (Å²) in [5, 5.41) is 0. The zero-order valence-electron chi connectivity index (χ0n) is 45.8. The Labute approximate surface area is 437 Å². The molecule has 0 amide bonds. The molecule has 6 aliphatic rings. The van der Waals surface area contributed by atoms with Crippen molar-refractivity contribution in [3.05, 3.63) is 173 Å². The molecule has 0 bridgehead atoms. The zero-order chi connectivity index (χ0) is 50.8. The second kappa shape index (κ2) is 15.7. The molecule has 4 nitrogen and oxygen atoms in total. The molecule has 7 aromatic rings. The Morgan fingerprint density at radius 3 is 1.62 bits per heavy atom. The molecule has 2 saturated carbocycles. The predicted molar refractivity (Wildman–Crippen MR) is 313 cm³/mol. The number of rotatable bonds is 4. The fourth-order valence-corrected chi connectivity index (χ4v) is 15.7. The average molecular weight is 959 g/mol. The molecule has 0 aromatic heterocycles. The van der Waals surface area contributed by atoms with Crippen LogP contribution in [0.3, 0.4) is 0 Å². The maximum atomic E-state index is 2.84. The largest absolute Gasteiger partial charge is 0.334 e. The molecule has 370 valence electrons. The highest BCUT2D eigenvalue weighted by molar-refractivity contribution is 7.00. The molecule has 7 aromatic carbocycles. The summed E-state index contributed by atoms with van der Waals surface area (Å²) in [5.41, 5.74) is 25.4.